The van der Waals surface area contributed by atoms with Crippen molar-refractivity contribution in [2.24, 2.45) is 0 Å². The summed E-state index contributed by atoms with van der Waals surface area (Å²) in [6.07, 6.45) is 2.40. The summed E-state index contributed by atoms with van der Waals surface area (Å²) >= 11 is 0. The predicted molar refractivity (Wildman–Crippen MR) is 134 cm³/mol. The third-order valence-electron chi connectivity index (χ3n) is 7.43. The van der Waals surface area contributed by atoms with Crippen LogP contribution in [0.1, 0.15) is 38.8 Å². The van der Waals surface area contributed by atoms with Crippen LogP contribution in [0, 0.1) is 25.5 Å². The lowest BCUT2D eigenvalue weighted by molar-refractivity contribution is 0.628. The second-order valence-electron chi connectivity index (χ2n) is 9.42. The summed E-state index contributed by atoms with van der Waals surface area (Å²) in [4.78, 5) is 0. The third kappa shape index (κ3) is 3.31. The van der Waals surface area contributed by atoms with Crippen molar-refractivity contribution < 1.29 is 8.78 Å². The van der Waals surface area contributed by atoms with Gasteiger partial charge in [-0.3, -0.25) is 0 Å². The fourth-order valence-electron chi connectivity index (χ4n) is 5.71. The molecule has 32 heavy (non-hydrogen) atoms. The highest BCUT2D eigenvalue weighted by Crippen LogP contribution is 2.52. The first-order valence-electron chi connectivity index (χ1n) is 11.1. The molecule has 0 bridgehead atoms. The largest absolute Gasteiger partial charge is 0.207 e. The zero-order valence-corrected chi connectivity index (χ0v) is 20.7. The lowest BCUT2D eigenvalue weighted by atomic mass is 10.0. The molecule has 0 N–H and O–H groups in total. The fourth-order valence-corrected chi connectivity index (χ4v) is 11.9. The summed E-state index contributed by atoms with van der Waals surface area (Å²) in [7, 11) is -2.84. The van der Waals surface area contributed by atoms with E-state index >= 15 is 0 Å². The molecule has 0 fully saturated rings. The summed E-state index contributed by atoms with van der Waals surface area (Å²) in [5.74, 6) is -0.495. The van der Waals surface area contributed by atoms with Crippen LogP contribution in [0.5, 0.6) is 0 Å². The Kier molecular flexibility index (Phi) is 5.58. The molecular weight excluding hydrogens is 414 g/mol. The zero-order valence-electron chi connectivity index (χ0n) is 19.7. The monoisotopic (exact) mass is 444 g/mol. The predicted octanol–water partition coefficient (Wildman–Crippen LogP) is 6.11. The van der Waals surface area contributed by atoms with Crippen molar-refractivity contribution in [2.75, 3.05) is 0 Å². The topological polar surface area (TPSA) is 0 Å². The first kappa shape index (κ1) is 22.4. The van der Waals surface area contributed by atoms with E-state index in [0.717, 1.165) is 10.4 Å². The highest BCUT2D eigenvalue weighted by molar-refractivity contribution is 7.14. The van der Waals surface area contributed by atoms with Crippen molar-refractivity contribution in [1.29, 1.82) is 0 Å². The van der Waals surface area contributed by atoms with E-state index in [1.54, 1.807) is 24.3 Å². The van der Waals surface area contributed by atoms with Crippen molar-refractivity contribution in [3.05, 3.63) is 112 Å². The van der Waals surface area contributed by atoms with Crippen LogP contribution >= 0.6 is 0 Å². The van der Waals surface area contributed by atoms with E-state index in [1.807, 2.05) is 24.3 Å². The van der Waals surface area contributed by atoms with Crippen LogP contribution in [0.3, 0.4) is 0 Å². The minimum atomic E-state index is -2.84. The van der Waals surface area contributed by atoms with Crippen molar-refractivity contribution in [1.82, 2.24) is 0 Å². The second kappa shape index (κ2) is 7.97. The molecule has 0 aromatic heterocycles. The van der Waals surface area contributed by atoms with Gasteiger partial charge >= 0.3 is 0 Å². The normalized spacial score (nSPS) is 18.8. The molecule has 0 heterocycles. The van der Waals surface area contributed by atoms with Crippen LogP contribution in [0.25, 0.3) is 0 Å². The van der Waals surface area contributed by atoms with Gasteiger partial charge in [0, 0.05) is 5.04 Å². The first-order chi connectivity index (χ1) is 15.1. The highest BCUT2D eigenvalue weighted by atomic mass is 28.3. The van der Waals surface area contributed by atoms with Gasteiger partial charge in [-0.1, -0.05) is 77.7 Å². The van der Waals surface area contributed by atoms with Crippen molar-refractivity contribution in [3.63, 3.8) is 0 Å². The lowest BCUT2D eigenvalue weighted by Crippen LogP contribution is -2.73. The molecule has 4 rings (SSSR count). The standard InChI is InChI=1S/C29H30F2Si/c1-19-15-20(2)17-28(16-19)32(26-11-7-24(30)8-12-26,27-13-9-25(31)10-14-27)29(6)18-21(3)22(4)23(29)5/h7-18H,1-6H3. The molecule has 1 unspecified atom stereocenters. The van der Waals surface area contributed by atoms with Gasteiger partial charge in [-0.05, 0) is 80.0 Å². The third-order valence-corrected chi connectivity index (χ3v) is 13.1. The van der Waals surface area contributed by atoms with E-state index in [1.165, 1.54) is 33.0 Å². The van der Waals surface area contributed by atoms with Crippen molar-refractivity contribution in [3.8, 4) is 0 Å². The number of aryl methyl sites for hydroxylation is 2. The highest BCUT2D eigenvalue weighted by Gasteiger charge is 2.56. The Morgan fingerprint density at radius 2 is 1.06 bits per heavy atom. The van der Waals surface area contributed by atoms with Crippen LogP contribution < -0.4 is 15.6 Å². The number of allylic oxidation sites excluding steroid dienone is 4. The molecule has 1 aliphatic carbocycles. The molecule has 1 aliphatic rings. The molecule has 0 radical (unpaired) electrons. The maximum absolute atomic E-state index is 14.1. The van der Waals surface area contributed by atoms with Crippen LogP contribution in [-0.4, -0.2) is 8.07 Å². The maximum Gasteiger partial charge on any atom is 0.161 e. The number of hydrogen-bond donors (Lipinski definition) is 0. The average Bonchev–Trinajstić information content (AvgIpc) is 2.94. The van der Waals surface area contributed by atoms with Gasteiger partial charge in [-0.2, -0.15) is 0 Å². The van der Waals surface area contributed by atoms with Crippen LogP contribution in [-0.2, 0) is 0 Å². The van der Waals surface area contributed by atoms with Gasteiger partial charge in [0.05, 0.1) is 0 Å². The zero-order chi connectivity index (χ0) is 23.3. The van der Waals surface area contributed by atoms with Crippen molar-refractivity contribution in [2.45, 2.75) is 46.6 Å². The van der Waals surface area contributed by atoms with Gasteiger partial charge in [0.25, 0.3) is 0 Å². The Hall–Kier alpha value is -2.78. The molecule has 0 aliphatic heterocycles. The van der Waals surface area contributed by atoms with Gasteiger partial charge in [0.15, 0.2) is 8.07 Å². The second-order valence-corrected chi connectivity index (χ2v) is 13.7. The van der Waals surface area contributed by atoms with Crippen LogP contribution in [0.4, 0.5) is 8.78 Å². The van der Waals surface area contributed by atoms with Gasteiger partial charge in [-0.15, -0.1) is 0 Å². The van der Waals surface area contributed by atoms with Gasteiger partial charge in [-0.25, -0.2) is 8.78 Å². The van der Waals surface area contributed by atoms with E-state index in [2.05, 4.69) is 65.8 Å². The molecule has 1 atom stereocenters. The van der Waals surface area contributed by atoms with Crippen LogP contribution in [0.15, 0.2) is 89.5 Å². The molecule has 0 saturated heterocycles. The summed E-state index contributed by atoms with van der Waals surface area (Å²) < 4.78 is 28.2. The Morgan fingerprint density at radius 1 is 0.625 bits per heavy atom. The number of hydrogen-bond acceptors (Lipinski definition) is 0. The van der Waals surface area contributed by atoms with Crippen LogP contribution in [0.2, 0.25) is 5.04 Å². The molecule has 0 spiro atoms. The summed E-state index contributed by atoms with van der Waals surface area (Å²) in [6.45, 7) is 13.1. The minimum Gasteiger partial charge on any atom is -0.207 e. The van der Waals surface area contributed by atoms with Gasteiger partial charge < -0.3 is 0 Å². The van der Waals surface area contributed by atoms with Gasteiger partial charge in [0.2, 0.25) is 0 Å². The van der Waals surface area contributed by atoms with Crippen molar-refractivity contribution >= 4 is 23.6 Å². The Morgan fingerprint density at radius 3 is 1.44 bits per heavy atom. The van der Waals surface area contributed by atoms with E-state index in [9.17, 15) is 8.78 Å². The molecule has 0 nitrogen and oxygen atoms in total. The smallest absolute Gasteiger partial charge is 0.161 e. The summed E-state index contributed by atoms with van der Waals surface area (Å²) in [6, 6.07) is 20.8. The fraction of sp³-hybridized carbons (Fsp3) is 0.241. The average molecular weight is 445 g/mol. The number of halogens is 2. The summed E-state index contributed by atoms with van der Waals surface area (Å²) in [5, 5.41) is 3.21. The molecular formula is C29H30F2Si. The Labute approximate surface area is 191 Å². The first-order valence-corrected chi connectivity index (χ1v) is 13.1. The quantitative estimate of drug-likeness (QED) is 0.336. The lowest BCUT2D eigenvalue weighted by Gasteiger charge is -2.47. The SMILES string of the molecule is CC1=CC(C)([Si](c2ccc(F)cc2)(c2ccc(F)cc2)c2cc(C)cc(C)c2)C(C)=C1C. The van der Waals surface area contributed by atoms with E-state index in [4.69, 9.17) is 0 Å². The molecule has 3 aromatic carbocycles. The minimum absolute atomic E-state index is 0.247. The Balaban J connectivity index is 2.22. The van der Waals surface area contributed by atoms with Gasteiger partial charge in [0.1, 0.15) is 11.6 Å². The summed E-state index contributed by atoms with van der Waals surface area (Å²) in [5.41, 5.74) is 6.30. The maximum atomic E-state index is 14.1. The molecule has 3 heteroatoms. The number of benzene rings is 3. The molecule has 0 saturated carbocycles. The number of rotatable bonds is 4. The molecule has 3 aromatic rings. The van der Waals surface area contributed by atoms with E-state index in [0.29, 0.717) is 0 Å². The molecule has 164 valence electrons. The van der Waals surface area contributed by atoms with E-state index in [-0.39, 0.29) is 16.7 Å². The Bertz CT molecular complexity index is 1170. The van der Waals surface area contributed by atoms with E-state index < -0.39 is 8.07 Å². The molecule has 0 amide bonds.